The van der Waals surface area contributed by atoms with Crippen LogP contribution in [-0.4, -0.2) is 46.3 Å². The average Bonchev–Trinajstić information content (AvgIpc) is 3.03. The molecule has 0 spiro atoms. The number of hydrogen-bond donors (Lipinski definition) is 2. The maximum Gasteiger partial charge on any atom is 0.109 e. The third-order valence-electron chi connectivity index (χ3n) is 5.00. The molecule has 1 saturated carbocycles. The van der Waals surface area contributed by atoms with Gasteiger partial charge in [-0.05, 0) is 32.6 Å². The fourth-order valence-corrected chi connectivity index (χ4v) is 4.44. The molecular formula is C16H27N3OS. The number of thiazole rings is 1. The Balaban J connectivity index is 1.46. The second-order valence-electron chi connectivity index (χ2n) is 6.49. The number of aliphatic hydroxyl groups excluding tert-OH is 1. The predicted octanol–water partition coefficient (Wildman–Crippen LogP) is 2.56. The highest BCUT2D eigenvalue weighted by atomic mass is 32.1. The van der Waals surface area contributed by atoms with Crippen LogP contribution in [0, 0.1) is 0 Å². The molecule has 2 N–H and O–H groups in total. The third-order valence-corrected chi connectivity index (χ3v) is 5.96. The molecule has 2 heterocycles. The fourth-order valence-electron chi connectivity index (χ4n) is 3.79. The molecule has 0 amide bonds. The van der Waals surface area contributed by atoms with Gasteiger partial charge in [-0.15, -0.1) is 11.3 Å². The van der Waals surface area contributed by atoms with E-state index < -0.39 is 0 Å². The van der Waals surface area contributed by atoms with Gasteiger partial charge in [0.25, 0.3) is 0 Å². The van der Waals surface area contributed by atoms with Crippen LogP contribution in [0.3, 0.4) is 0 Å². The van der Waals surface area contributed by atoms with E-state index in [1.54, 1.807) is 11.3 Å². The van der Waals surface area contributed by atoms with Crippen molar-refractivity contribution in [2.75, 3.05) is 13.1 Å². The van der Waals surface area contributed by atoms with Crippen molar-refractivity contribution in [3.63, 3.8) is 0 Å². The molecule has 4 nitrogen and oxygen atoms in total. The number of piperidine rings is 1. The van der Waals surface area contributed by atoms with E-state index in [-0.39, 0.29) is 6.10 Å². The minimum Gasteiger partial charge on any atom is -0.391 e. The molecule has 1 aliphatic carbocycles. The van der Waals surface area contributed by atoms with Gasteiger partial charge in [-0.3, -0.25) is 4.90 Å². The number of likely N-dealkylation sites (tertiary alicyclic amines) is 1. The number of nitrogens with zero attached hydrogens (tertiary/aromatic N) is 2. The fraction of sp³-hybridized carbons (Fsp3) is 0.812. The van der Waals surface area contributed by atoms with Gasteiger partial charge >= 0.3 is 0 Å². The van der Waals surface area contributed by atoms with Crippen LogP contribution in [0.25, 0.3) is 0 Å². The zero-order chi connectivity index (χ0) is 14.7. The predicted molar refractivity (Wildman–Crippen MR) is 86.5 cm³/mol. The van der Waals surface area contributed by atoms with Gasteiger partial charge < -0.3 is 10.4 Å². The highest BCUT2D eigenvalue weighted by Crippen LogP contribution is 2.26. The molecule has 2 aliphatic rings. The molecule has 3 unspecified atom stereocenters. The van der Waals surface area contributed by atoms with Crippen molar-refractivity contribution < 1.29 is 5.11 Å². The van der Waals surface area contributed by atoms with Crippen molar-refractivity contribution in [2.24, 2.45) is 0 Å². The van der Waals surface area contributed by atoms with Crippen LogP contribution in [0.2, 0.25) is 0 Å². The lowest BCUT2D eigenvalue weighted by atomic mass is 9.89. The lowest BCUT2D eigenvalue weighted by Crippen LogP contribution is -2.51. The summed E-state index contributed by atoms with van der Waals surface area (Å²) < 4.78 is 0. The summed E-state index contributed by atoms with van der Waals surface area (Å²) in [6.45, 7) is 4.43. The maximum absolute atomic E-state index is 10.2. The molecule has 118 valence electrons. The molecule has 3 atom stereocenters. The Hall–Kier alpha value is -0.490. The van der Waals surface area contributed by atoms with Gasteiger partial charge in [-0.1, -0.05) is 12.8 Å². The first-order chi connectivity index (χ1) is 10.2. The van der Waals surface area contributed by atoms with Crippen molar-refractivity contribution in [2.45, 2.75) is 69.7 Å². The van der Waals surface area contributed by atoms with Gasteiger partial charge in [0.1, 0.15) is 5.01 Å². The second kappa shape index (κ2) is 7.18. The van der Waals surface area contributed by atoms with E-state index in [1.807, 2.05) is 11.6 Å². The van der Waals surface area contributed by atoms with Crippen molar-refractivity contribution in [3.8, 4) is 0 Å². The number of rotatable bonds is 4. The van der Waals surface area contributed by atoms with E-state index in [0.29, 0.717) is 18.1 Å². The number of aromatic nitrogens is 1. The van der Waals surface area contributed by atoms with Gasteiger partial charge in [-0.25, -0.2) is 4.98 Å². The standard InChI is InChI=1S/C16H27N3OS/c1-12(16-17-8-11-21-16)18-13-6-9-19(10-7-13)14-4-2-3-5-15(14)20/h8,11-15,18,20H,2-7,9-10H2,1H3. The number of aliphatic hydroxyl groups is 1. The van der Waals surface area contributed by atoms with Crippen LogP contribution in [0.5, 0.6) is 0 Å². The zero-order valence-corrected chi connectivity index (χ0v) is 13.7. The van der Waals surface area contributed by atoms with E-state index in [1.165, 1.54) is 37.1 Å². The van der Waals surface area contributed by atoms with E-state index in [4.69, 9.17) is 0 Å². The summed E-state index contributed by atoms with van der Waals surface area (Å²) in [5.41, 5.74) is 0. The largest absolute Gasteiger partial charge is 0.391 e. The van der Waals surface area contributed by atoms with E-state index in [9.17, 15) is 5.11 Å². The first-order valence-electron chi connectivity index (χ1n) is 8.31. The summed E-state index contributed by atoms with van der Waals surface area (Å²) in [5.74, 6) is 0. The minimum atomic E-state index is -0.0995. The highest BCUT2D eigenvalue weighted by Gasteiger charge is 2.31. The molecule has 21 heavy (non-hydrogen) atoms. The minimum absolute atomic E-state index is 0.0995. The van der Waals surface area contributed by atoms with Crippen molar-refractivity contribution in [3.05, 3.63) is 16.6 Å². The first-order valence-corrected chi connectivity index (χ1v) is 9.19. The Morgan fingerprint density at radius 1 is 1.29 bits per heavy atom. The SMILES string of the molecule is CC(NC1CCN(C2CCCCC2O)CC1)c1nccs1. The van der Waals surface area contributed by atoms with Gasteiger partial charge in [0.05, 0.1) is 12.1 Å². The summed E-state index contributed by atoms with van der Waals surface area (Å²) in [5, 5.41) is 17.1. The topological polar surface area (TPSA) is 48.4 Å². The normalized spacial score (nSPS) is 30.4. The molecule has 0 aromatic carbocycles. The Kier molecular flexibility index (Phi) is 5.27. The Morgan fingerprint density at radius 2 is 2.05 bits per heavy atom. The van der Waals surface area contributed by atoms with Crippen LogP contribution in [-0.2, 0) is 0 Å². The Morgan fingerprint density at radius 3 is 2.71 bits per heavy atom. The molecule has 1 aromatic rings. The molecule has 3 rings (SSSR count). The van der Waals surface area contributed by atoms with E-state index in [2.05, 4.69) is 22.1 Å². The lowest BCUT2D eigenvalue weighted by Gasteiger charge is -2.42. The van der Waals surface area contributed by atoms with E-state index in [0.717, 1.165) is 19.5 Å². The molecule has 1 aliphatic heterocycles. The maximum atomic E-state index is 10.2. The molecule has 0 radical (unpaired) electrons. The highest BCUT2D eigenvalue weighted by molar-refractivity contribution is 7.09. The molecule has 5 heteroatoms. The Labute approximate surface area is 131 Å². The molecule has 1 aromatic heterocycles. The molecule has 0 bridgehead atoms. The zero-order valence-electron chi connectivity index (χ0n) is 12.9. The quantitative estimate of drug-likeness (QED) is 0.897. The van der Waals surface area contributed by atoms with Crippen molar-refractivity contribution >= 4 is 11.3 Å². The summed E-state index contributed by atoms with van der Waals surface area (Å²) >= 11 is 1.73. The van der Waals surface area contributed by atoms with Gasteiger partial charge in [0.2, 0.25) is 0 Å². The van der Waals surface area contributed by atoms with Crippen LogP contribution in [0.4, 0.5) is 0 Å². The third kappa shape index (κ3) is 3.83. The summed E-state index contributed by atoms with van der Waals surface area (Å²) in [6, 6.07) is 1.35. The lowest BCUT2D eigenvalue weighted by molar-refractivity contribution is 0.00671. The summed E-state index contributed by atoms with van der Waals surface area (Å²) in [7, 11) is 0. The summed E-state index contributed by atoms with van der Waals surface area (Å²) in [4.78, 5) is 6.92. The molecule has 2 fully saturated rings. The van der Waals surface area contributed by atoms with Crippen LogP contribution in [0.1, 0.15) is 56.5 Å². The smallest absolute Gasteiger partial charge is 0.109 e. The molecule has 1 saturated heterocycles. The van der Waals surface area contributed by atoms with Gasteiger partial charge in [0.15, 0.2) is 0 Å². The van der Waals surface area contributed by atoms with Gasteiger partial charge in [0, 0.05) is 36.8 Å². The van der Waals surface area contributed by atoms with Crippen LogP contribution in [0.15, 0.2) is 11.6 Å². The van der Waals surface area contributed by atoms with E-state index >= 15 is 0 Å². The second-order valence-corrected chi connectivity index (χ2v) is 7.41. The van der Waals surface area contributed by atoms with Crippen LogP contribution >= 0.6 is 11.3 Å². The first kappa shape index (κ1) is 15.4. The molecular weight excluding hydrogens is 282 g/mol. The number of nitrogens with one attached hydrogen (secondary N) is 1. The monoisotopic (exact) mass is 309 g/mol. The average molecular weight is 309 g/mol. The van der Waals surface area contributed by atoms with Crippen LogP contribution < -0.4 is 5.32 Å². The summed E-state index contributed by atoms with van der Waals surface area (Å²) in [6.07, 6.45) is 8.78. The number of hydrogen-bond acceptors (Lipinski definition) is 5. The van der Waals surface area contributed by atoms with Gasteiger partial charge in [-0.2, -0.15) is 0 Å². The van der Waals surface area contributed by atoms with Crippen molar-refractivity contribution in [1.82, 2.24) is 15.2 Å². The Bertz CT molecular complexity index is 417. The van der Waals surface area contributed by atoms with Crippen molar-refractivity contribution in [1.29, 1.82) is 0 Å².